The number of aliphatic carboxylic acids is 1. The Kier molecular flexibility index (Phi) is 5.21. The Hall–Kier alpha value is -2.57. The lowest BCUT2D eigenvalue weighted by atomic mass is 9.93. The standard InChI is InChI=1S/C18H25N5O2/c1-13(17(24)25)23(14-8-4-3-5-9-14)16-12-15(20-18(19-2)21-16)22-10-6-7-11-22/h6-7,10-14H,3-5,8-9H2,1-2H3,(H,24,25)(H,19,20,21)/t13-/m0/s1. The average Bonchev–Trinajstić information content (AvgIpc) is 3.17. The topological polar surface area (TPSA) is 83.3 Å². The fourth-order valence-electron chi connectivity index (χ4n) is 3.47. The molecule has 7 heteroatoms. The number of hydrogen-bond acceptors (Lipinski definition) is 5. The lowest BCUT2D eigenvalue weighted by Crippen LogP contribution is -2.47. The summed E-state index contributed by atoms with van der Waals surface area (Å²) < 4.78 is 1.90. The maximum absolute atomic E-state index is 11.7. The molecule has 2 aromatic rings. The summed E-state index contributed by atoms with van der Waals surface area (Å²) in [5.41, 5.74) is 0. The molecule has 7 nitrogen and oxygen atoms in total. The molecule has 1 fully saturated rings. The van der Waals surface area contributed by atoms with Gasteiger partial charge in [0.25, 0.3) is 0 Å². The van der Waals surface area contributed by atoms with Crippen molar-refractivity contribution in [2.24, 2.45) is 0 Å². The van der Waals surface area contributed by atoms with Crippen molar-refractivity contribution < 1.29 is 9.90 Å². The Bertz CT molecular complexity index is 710. The van der Waals surface area contributed by atoms with E-state index in [2.05, 4.69) is 15.3 Å². The van der Waals surface area contributed by atoms with Gasteiger partial charge >= 0.3 is 5.97 Å². The lowest BCUT2D eigenvalue weighted by molar-refractivity contribution is -0.138. The molecule has 0 saturated heterocycles. The minimum Gasteiger partial charge on any atom is -0.480 e. The van der Waals surface area contributed by atoms with Gasteiger partial charge in [-0.15, -0.1) is 0 Å². The average molecular weight is 343 g/mol. The summed E-state index contributed by atoms with van der Waals surface area (Å²) in [7, 11) is 1.77. The molecule has 1 aliphatic rings. The number of anilines is 2. The summed E-state index contributed by atoms with van der Waals surface area (Å²) >= 11 is 0. The van der Waals surface area contributed by atoms with Crippen LogP contribution >= 0.6 is 0 Å². The second-order valence-electron chi connectivity index (χ2n) is 6.46. The first-order valence-corrected chi connectivity index (χ1v) is 8.81. The third kappa shape index (κ3) is 3.75. The molecule has 134 valence electrons. The molecule has 0 aliphatic heterocycles. The van der Waals surface area contributed by atoms with E-state index in [1.54, 1.807) is 14.0 Å². The monoisotopic (exact) mass is 343 g/mol. The molecule has 2 N–H and O–H groups in total. The summed E-state index contributed by atoms with van der Waals surface area (Å²) in [6.07, 6.45) is 9.29. The molecule has 1 atom stereocenters. The van der Waals surface area contributed by atoms with Crippen LogP contribution in [0.5, 0.6) is 0 Å². The number of nitrogens with zero attached hydrogens (tertiary/aromatic N) is 4. The van der Waals surface area contributed by atoms with E-state index < -0.39 is 12.0 Å². The summed E-state index contributed by atoms with van der Waals surface area (Å²) in [6.45, 7) is 1.73. The van der Waals surface area contributed by atoms with Gasteiger partial charge in [-0.3, -0.25) is 0 Å². The maximum Gasteiger partial charge on any atom is 0.326 e. The van der Waals surface area contributed by atoms with Gasteiger partial charge < -0.3 is 19.9 Å². The van der Waals surface area contributed by atoms with Crippen molar-refractivity contribution >= 4 is 17.7 Å². The van der Waals surface area contributed by atoms with Crippen LogP contribution in [0.25, 0.3) is 5.82 Å². The first-order chi connectivity index (χ1) is 12.1. The summed E-state index contributed by atoms with van der Waals surface area (Å²) in [5, 5.41) is 12.6. The molecule has 1 saturated carbocycles. The Morgan fingerprint density at radius 1 is 1.28 bits per heavy atom. The smallest absolute Gasteiger partial charge is 0.326 e. The van der Waals surface area contributed by atoms with E-state index in [9.17, 15) is 9.90 Å². The number of nitrogens with one attached hydrogen (secondary N) is 1. The van der Waals surface area contributed by atoms with Crippen LogP contribution in [0.3, 0.4) is 0 Å². The van der Waals surface area contributed by atoms with E-state index in [0.29, 0.717) is 11.8 Å². The lowest BCUT2D eigenvalue weighted by Gasteiger charge is -2.38. The van der Waals surface area contributed by atoms with Gasteiger partial charge in [-0.1, -0.05) is 19.3 Å². The van der Waals surface area contributed by atoms with Crippen molar-refractivity contribution in [3.05, 3.63) is 30.6 Å². The van der Waals surface area contributed by atoms with E-state index in [1.807, 2.05) is 40.1 Å². The molecular formula is C18H25N5O2. The number of hydrogen-bond donors (Lipinski definition) is 2. The van der Waals surface area contributed by atoms with Crippen LogP contribution in [-0.4, -0.2) is 44.7 Å². The van der Waals surface area contributed by atoms with Gasteiger partial charge in [0.2, 0.25) is 5.95 Å². The zero-order chi connectivity index (χ0) is 17.8. The SMILES string of the molecule is CNc1nc(N(C2CCCCC2)[C@@H](C)C(=O)O)cc(-n2cccc2)n1. The summed E-state index contributed by atoms with van der Waals surface area (Å²) in [6, 6.07) is 5.28. The third-order valence-corrected chi connectivity index (χ3v) is 4.80. The van der Waals surface area contributed by atoms with Gasteiger partial charge in [-0.05, 0) is 31.9 Å². The van der Waals surface area contributed by atoms with Gasteiger partial charge in [0.1, 0.15) is 17.7 Å². The fraction of sp³-hybridized carbons (Fsp3) is 0.500. The molecule has 25 heavy (non-hydrogen) atoms. The van der Waals surface area contributed by atoms with E-state index in [0.717, 1.165) is 31.5 Å². The van der Waals surface area contributed by atoms with Crippen LogP contribution in [-0.2, 0) is 4.79 Å². The van der Waals surface area contributed by atoms with Crippen molar-refractivity contribution in [1.29, 1.82) is 0 Å². The fourth-order valence-corrected chi connectivity index (χ4v) is 3.47. The van der Waals surface area contributed by atoms with Crippen LogP contribution in [0, 0.1) is 0 Å². The van der Waals surface area contributed by atoms with Crippen molar-refractivity contribution in [3.8, 4) is 5.82 Å². The van der Waals surface area contributed by atoms with Crippen LogP contribution in [0.2, 0.25) is 0 Å². The van der Waals surface area contributed by atoms with E-state index in [-0.39, 0.29) is 6.04 Å². The molecule has 0 spiro atoms. The normalized spacial score (nSPS) is 16.4. The van der Waals surface area contributed by atoms with Gasteiger partial charge in [-0.2, -0.15) is 9.97 Å². The highest BCUT2D eigenvalue weighted by Gasteiger charge is 2.31. The van der Waals surface area contributed by atoms with E-state index >= 15 is 0 Å². The first kappa shape index (κ1) is 17.3. The predicted octanol–water partition coefficient (Wildman–Crippen LogP) is 2.92. The summed E-state index contributed by atoms with van der Waals surface area (Å²) in [5.74, 6) is 1.03. The van der Waals surface area contributed by atoms with Crippen LogP contribution in [0.15, 0.2) is 30.6 Å². The highest BCUT2D eigenvalue weighted by molar-refractivity contribution is 5.77. The number of carbonyl (C=O) groups is 1. The predicted molar refractivity (Wildman–Crippen MR) is 97.4 cm³/mol. The third-order valence-electron chi connectivity index (χ3n) is 4.80. The van der Waals surface area contributed by atoms with Crippen molar-refractivity contribution in [2.45, 2.75) is 51.1 Å². The largest absolute Gasteiger partial charge is 0.480 e. The number of carboxylic acid groups (broad SMARTS) is 1. The van der Waals surface area contributed by atoms with E-state index in [1.165, 1.54) is 6.42 Å². The molecule has 3 rings (SSSR count). The van der Waals surface area contributed by atoms with Crippen LogP contribution < -0.4 is 10.2 Å². The Balaban J connectivity index is 2.04. The first-order valence-electron chi connectivity index (χ1n) is 8.81. The molecule has 0 radical (unpaired) electrons. The van der Waals surface area contributed by atoms with Crippen LogP contribution in [0.4, 0.5) is 11.8 Å². The molecule has 2 heterocycles. The molecule has 1 aliphatic carbocycles. The molecule has 0 aromatic carbocycles. The van der Waals surface area contributed by atoms with Crippen molar-refractivity contribution in [2.75, 3.05) is 17.3 Å². The zero-order valence-electron chi connectivity index (χ0n) is 14.7. The van der Waals surface area contributed by atoms with Gasteiger partial charge in [0.05, 0.1) is 0 Å². The summed E-state index contributed by atoms with van der Waals surface area (Å²) in [4.78, 5) is 22.7. The minimum atomic E-state index is -0.835. The molecule has 0 amide bonds. The molecule has 0 unspecified atom stereocenters. The Morgan fingerprint density at radius 3 is 2.56 bits per heavy atom. The van der Waals surface area contributed by atoms with Crippen molar-refractivity contribution in [1.82, 2.24) is 14.5 Å². The molecule has 0 bridgehead atoms. The zero-order valence-corrected chi connectivity index (χ0v) is 14.7. The number of rotatable bonds is 6. The molecular weight excluding hydrogens is 318 g/mol. The van der Waals surface area contributed by atoms with Gasteiger partial charge in [0.15, 0.2) is 0 Å². The second kappa shape index (κ2) is 7.55. The highest BCUT2D eigenvalue weighted by atomic mass is 16.4. The van der Waals surface area contributed by atoms with E-state index in [4.69, 9.17) is 0 Å². The van der Waals surface area contributed by atoms with Gasteiger partial charge in [0, 0.05) is 31.5 Å². The second-order valence-corrected chi connectivity index (χ2v) is 6.46. The van der Waals surface area contributed by atoms with Gasteiger partial charge in [-0.25, -0.2) is 4.79 Å². The molecule has 2 aromatic heterocycles. The Labute approximate surface area is 147 Å². The number of aromatic nitrogens is 3. The quantitative estimate of drug-likeness (QED) is 0.839. The Morgan fingerprint density at radius 2 is 1.96 bits per heavy atom. The maximum atomic E-state index is 11.7. The van der Waals surface area contributed by atoms with Crippen LogP contribution in [0.1, 0.15) is 39.0 Å². The highest BCUT2D eigenvalue weighted by Crippen LogP contribution is 2.29. The van der Waals surface area contributed by atoms with Crippen molar-refractivity contribution in [3.63, 3.8) is 0 Å². The minimum absolute atomic E-state index is 0.192. The number of carboxylic acids is 1.